The maximum absolute atomic E-state index is 12.5. The molecule has 1 aromatic heterocycles. The lowest BCUT2D eigenvalue weighted by molar-refractivity contribution is -0.149. The van der Waals surface area contributed by atoms with Crippen molar-refractivity contribution in [1.29, 1.82) is 0 Å². The summed E-state index contributed by atoms with van der Waals surface area (Å²) >= 11 is 0. The molecule has 0 unspecified atom stereocenters. The van der Waals surface area contributed by atoms with E-state index in [0.29, 0.717) is 25.8 Å². The lowest BCUT2D eigenvalue weighted by atomic mass is 9.90. The van der Waals surface area contributed by atoms with Crippen LogP contribution < -0.4 is 0 Å². The first-order valence-electron chi connectivity index (χ1n) is 8.15. The number of aryl methyl sites for hydroxylation is 1. The Hall–Kier alpha value is -2.30. The van der Waals surface area contributed by atoms with Crippen molar-refractivity contribution in [3.8, 4) is 0 Å². The average molecular weight is 314 g/mol. The smallest absolute Gasteiger partial charge is 0.308 e. The van der Waals surface area contributed by atoms with Crippen LogP contribution in [0.15, 0.2) is 30.5 Å². The summed E-state index contributed by atoms with van der Waals surface area (Å²) in [4.78, 5) is 28.8. The third-order valence-electron chi connectivity index (χ3n) is 4.91. The summed E-state index contributed by atoms with van der Waals surface area (Å²) in [5, 5.41) is 10.4. The fraction of sp³-hybridized carbons (Fsp3) is 0.444. The lowest BCUT2D eigenvalue weighted by Crippen LogP contribution is -2.49. The first kappa shape index (κ1) is 15.6. The first-order chi connectivity index (χ1) is 11.1. The topological polar surface area (TPSA) is 73.4 Å². The number of aromatic amines is 1. The van der Waals surface area contributed by atoms with E-state index in [1.54, 1.807) is 4.90 Å². The Bertz CT molecular complexity index is 722. The van der Waals surface area contributed by atoms with Gasteiger partial charge >= 0.3 is 5.97 Å². The van der Waals surface area contributed by atoms with E-state index in [1.807, 2.05) is 31.3 Å². The average Bonchev–Trinajstić information content (AvgIpc) is 2.96. The highest BCUT2D eigenvalue weighted by Crippen LogP contribution is 2.25. The van der Waals surface area contributed by atoms with Gasteiger partial charge in [-0.3, -0.25) is 9.59 Å². The van der Waals surface area contributed by atoms with Crippen molar-refractivity contribution in [1.82, 2.24) is 9.88 Å². The zero-order valence-electron chi connectivity index (χ0n) is 13.3. The van der Waals surface area contributed by atoms with Crippen molar-refractivity contribution >= 4 is 22.8 Å². The summed E-state index contributed by atoms with van der Waals surface area (Å²) in [6.07, 6.45) is 4.46. The number of carboxylic acids is 1. The van der Waals surface area contributed by atoms with Crippen LogP contribution in [0.3, 0.4) is 0 Å². The largest absolute Gasteiger partial charge is 0.481 e. The van der Waals surface area contributed by atoms with Crippen LogP contribution in [0.4, 0.5) is 0 Å². The van der Waals surface area contributed by atoms with Crippen molar-refractivity contribution in [2.24, 2.45) is 5.92 Å². The molecule has 1 aliphatic heterocycles. The van der Waals surface area contributed by atoms with E-state index in [2.05, 4.69) is 11.1 Å². The van der Waals surface area contributed by atoms with E-state index in [0.717, 1.165) is 22.9 Å². The number of H-pyrrole nitrogens is 1. The molecule has 0 saturated carbocycles. The molecule has 0 aliphatic carbocycles. The van der Waals surface area contributed by atoms with Crippen molar-refractivity contribution in [3.63, 3.8) is 0 Å². The number of fused-ring (bicyclic) bond motifs is 1. The van der Waals surface area contributed by atoms with Gasteiger partial charge in [0, 0.05) is 36.1 Å². The molecular weight excluding hydrogens is 292 g/mol. The fourth-order valence-electron chi connectivity index (χ4n) is 3.55. The standard InChI is InChI=1S/C18H22N2O3/c1-12-14(18(22)23)6-4-10-20(12)17(21)9-8-13-11-19-16-7-3-2-5-15(13)16/h2-3,5,7,11-12,14,19H,4,6,8-10H2,1H3,(H,22,23)/t12-,14-/m1/s1. The molecule has 2 aromatic rings. The molecule has 122 valence electrons. The van der Waals surface area contributed by atoms with Crippen molar-refractivity contribution in [2.75, 3.05) is 6.54 Å². The minimum atomic E-state index is -0.799. The number of para-hydroxylation sites is 1. The van der Waals surface area contributed by atoms with E-state index < -0.39 is 11.9 Å². The van der Waals surface area contributed by atoms with Gasteiger partial charge in [0.05, 0.1) is 5.92 Å². The minimum absolute atomic E-state index is 0.0498. The highest BCUT2D eigenvalue weighted by Gasteiger charge is 2.34. The van der Waals surface area contributed by atoms with E-state index in [9.17, 15) is 14.7 Å². The summed E-state index contributed by atoms with van der Waals surface area (Å²) in [6, 6.07) is 7.82. The maximum atomic E-state index is 12.5. The number of hydrogen-bond donors (Lipinski definition) is 2. The number of nitrogens with zero attached hydrogens (tertiary/aromatic N) is 1. The number of carboxylic acid groups (broad SMARTS) is 1. The normalized spacial score (nSPS) is 21.5. The number of rotatable bonds is 4. The zero-order chi connectivity index (χ0) is 16.4. The monoisotopic (exact) mass is 314 g/mol. The minimum Gasteiger partial charge on any atom is -0.481 e. The Labute approximate surface area is 135 Å². The van der Waals surface area contributed by atoms with Gasteiger partial charge < -0.3 is 15.0 Å². The summed E-state index contributed by atoms with van der Waals surface area (Å²) in [6.45, 7) is 2.51. The molecule has 5 nitrogen and oxygen atoms in total. The second-order valence-electron chi connectivity index (χ2n) is 6.27. The Morgan fingerprint density at radius 3 is 2.91 bits per heavy atom. The molecule has 1 aromatic carbocycles. The molecule has 23 heavy (non-hydrogen) atoms. The van der Waals surface area contributed by atoms with Crippen LogP contribution in [0.25, 0.3) is 10.9 Å². The second-order valence-corrected chi connectivity index (χ2v) is 6.27. The third kappa shape index (κ3) is 3.09. The van der Waals surface area contributed by atoms with Crippen LogP contribution in [0.5, 0.6) is 0 Å². The lowest BCUT2D eigenvalue weighted by Gasteiger charge is -2.37. The number of hydrogen-bond acceptors (Lipinski definition) is 2. The van der Waals surface area contributed by atoms with Gasteiger partial charge in [0.15, 0.2) is 0 Å². The van der Waals surface area contributed by atoms with E-state index >= 15 is 0 Å². The van der Waals surface area contributed by atoms with Crippen molar-refractivity contribution in [2.45, 2.75) is 38.6 Å². The third-order valence-corrected chi connectivity index (χ3v) is 4.91. The number of aliphatic carboxylic acids is 1. The highest BCUT2D eigenvalue weighted by atomic mass is 16.4. The van der Waals surface area contributed by atoms with Gasteiger partial charge in [0.1, 0.15) is 0 Å². The quantitative estimate of drug-likeness (QED) is 0.911. The zero-order valence-corrected chi connectivity index (χ0v) is 13.3. The van der Waals surface area contributed by atoms with Gasteiger partial charge in [-0.25, -0.2) is 0 Å². The van der Waals surface area contributed by atoms with Crippen LogP contribution >= 0.6 is 0 Å². The summed E-state index contributed by atoms with van der Waals surface area (Å²) in [5.41, 5.74) is 2.21. The van der Waals surface area contributed by atoms with Gasteiger partial charge in [-0.1, -0.05) is 18.2 Å². The highest BCUT2D eigenvalue weighted by molar-refractivity contribution is 5.84. The summed E-state index contributed by atoms with van der Waals surface area (Å²) in [7, 11) is 0. The Balaban J connectivity index is 1.66. The second kappa shape index (κ2) is 6.44. The molecule has 5 heteroatoms. The van der Waals surface area contributed by atoms with E-state index in [1.165, 1.54) is 0 Å². The molecule has 3 rings (SSSR count). The predicted molar refractivity (Wildman–Crippen MR) is 88.2 cm³/mol. The maximum Gasteiger partial charge on any atom is 0.308 e. The van der Waals surface area contributed by atoms with Crippen LogP contribution in [0.2, 0.25) is 0 Å². The van der Waals surface area contributed by atoms with Gasteiger partial charge in [-0.2, -0.15) is 0 Å². The van der Waals surface area contributed by atoms with Crippen molar-refractivity contribution in [3.05, 3.63) is 36.0 Å². The molecule has 2 atom stereocenters. The Morgan fingerprint density at radius 2 is 2.13 bits per heavy atom. The number of carbonyl (C=O) groups is 2. The van der Waals surface area contributed by atoms with Crippen molar-refractivity contribution < 1.29 is 14.7 Å². The molecule has 1 fully saturated rings. The number of carbonyl (C=O) groups excluding carboxylic acids is 1. The van der Waals surface area contributed by atoms with Crippen LogP contribution in [0.1, 0.15) is 31.7 Å². The van der Waals surface area contributed by atoms with E-state index in [4.69, 9.17) is 0 Å². The number of likely N-dealkylation sites (tertiary alicyclic amines) is 1. The van der Waals surface area contributed by atoms with Gasteiger partial charge in [0.25, 0.3) is 0 Å². The number of nitrogens with one attached hydrogen (secondary N) is 1. The fourth-order valence-corrected chi connectivity index (χ4v) is 3.55. The molecular formula is C18H22N2O3. The molecule has 0 radical (unpaired) electrons. The molecule has 1 amide bonds. The Morgan fingerprint density at radius 1 is 1.35 bits per heavy atom. The van der Waals surface area contributed by atoms with Gasteiger partial charge in [-0.15, -0.1) is 0 Å². The van der Waals surface area contributed by atoms with Gasteiger partial charge in [0.2, 0.25) is 5.91 Å². The van der Waals surface area contributed by atoms with Crippen LogP contribution in [0, 0.1) is 5.92 Å². The number of piperidine rings is 1. The molecule has 1 aliphatic rings. The molecule has 1 saturated heterocycles. The number of aromatic nitrogens is 1. The van der Waals surface area contributed by atoms with Gasteiger partial charge in [-0.05, 0) is 37.8 Å². The molecule has 0 spiro atoms. The summed E-state index contributed by atoms with van der Waals surface area (Å²) in [5.74, 6) is -1.19. The molecule has 2 heterocycles. The molecule has 2 N–H and O–H groups in total. The van der Waals surface area contributed by atoms with Crippen LogP contribution in [-0.4, -0.2) is 39.5 Å². The van der Waals surface area contributed by atoms with Crippen LogP contribution in [-0.2, 0) is 16.0 Å². The summed E-state index contributed by atoms with van der Waals surface area (Å²) < 4.78 is 0. The predicted octanol–water partition coefficient (Wildman–Crippen LogP) is 2.81. The Kier molecular flexibility index (Phi) is 4.37. The first-order valence-corrected chi connectivity index (χ1v) is 8.15. The molecule has 0 bridgehead atoms. The van der Waals surface area contributed by atoms with E-state index in [-0.39, 0.29) is 11.9 Å². The SMILES string of the molecule is C[C@@H]1[C@H](C(=O)O)CCCN1C(=O)CCc1c[nH]c2ccccc12. The number of amides is 1. The number of benzene rings is 1.